The second-order valence-electron chi connectivity index (χ2n) is 5.98. The molecule has 0 atom stereocenters. The number of aromatic nitrogens is 3. The molecule has 1 aromatic carbocycles. The highest BCUT2D eigenvalue weighted by Crippen LogP contribution is 2.23. The van der Waals surface area contributed by atoms with E-state index in [0.29, 0.717) is 17.4 Å². The molecule has 0 unspecified atom stereocenters. The molecule has 0 radical (unpaired) electrons. The van der Waals surface area contributed by atoms with Crippen LogP contribution in [0, 0.1) is 5.92 Å². The van der Waals surface area contributed by atoms with Crippen molar-refractivity contribution in [2.45, 2.75) is 13.8 Å². The number of benzene rings is 1. The van der Waals surface area contributed by atoms with Crippen molar-refractivity contribution in [3.8, 4) is 0 Å². The molecule has 3 rings (SSSR count). The quantitative estimate of drug-likeness (QED) is 0.557. The molecular formula is C17H20N6O. The van der Waals surface area contributed by atoms with Crippen molar-refractivity contribution in [3.05, 3.63) is 42.1 Å². The number of nitrogens with two attached hydrogens (primary N) is 1. The van der Waals surface area contributed by atoms with Gasteiger partial charge in [-0.15, -0.1) is 0 Å². The Kier molecular flexibility index (Phi) is 4.33. The summed E-state index contributed by atoms with van der Waals surface area (Å²) in [4.78, 5) is 23.2. The van der Waals surface area contributed by atoms with Crippen molar-refractivity contribution in [2.24, 2.45) is 11.7 Å². The molecule has 7 nitrogen and oxygen atoms in total. The van der Waals surface area contributed by atoms with Crippen molar-refractivity contribution in [1.29, 1.82) is 0 Å². The summed E-state index contributed by atoms with van der Waals surface area (Å²) in [5.74, 6) is 1.31. The zero-order valence-electron chi connectivity index (χ0n) is 13.6. The zero-order chi connectivity index (χ0) is 17.1. The van der Waals surface area contributed by atoms with Gasteiger partial charge in [-0.3, -0.25) is 4.79 Å². The fourth-order valence-electron chi connectivity index (χ4n) is 2.28. The molecule has 0 saturated carbocycles. The van der Waals surface area contributed by atoms with Crippen LogP contribution < -0.4 is 16.4 Å². The van der Waals surface area contributed by atoms with Crippen molar-refractivity contribution < 1.29 is 4.79 Å². The molecule has 0 aliphatic heterocycles. The van der Waals surface area contributed by atoms with Crippen molar-refractivity contribution in [1.82, 2.24) is 15.0 Å². The smallest absolute Gasteiger partial charge is 0.248 e. The maximum atomic E-state index is 11.1. The lowest BCUT2D eigenvalue weighted by atomic mass is 10.2. The Bertz CT molecular complexity index is 853. The molecule has 1 amide bonds. The van der Waals surface area contributed by atoms with E-state index in [1.807, 2.05) is 12.3 Å². The Hall–Kier alpha value is -3.09. The number of primary amides is 1. The van der Waals surface area contributed by atoms with Crippen LogP contribution in [-0.4, -0.2) is 27.4 Å². The Labute approximate surface area is 139 Å². The number of rotatable bonds is 6. The van der Waals surface area contributed by atoms with Crippen LogP contribution in [0.25, 0.3) is 11.0 Å². The number of amides is 1. The average molecular weight is 324 g/mol. The van der Waals surface area contributed by atoms with E-state index in [9.17, 15) is 4.79 Å². The van der Waals surface area contributed by atoms with Gasteiger partial charge in [0.1, 0.15) is 11.5 Å². The maximum absolute atomic E-state index is 11.1. The molecule has 0 aliphatic rings. The Morgan fingerprint density at radius 2 is 1.96 bits per heavy atom. The van der Waals surface area contributed by atoms with Gasteiger partial charge in [-0.1, -0.05) is 13.8 Å². The summed E-state index contributed by atoms with van der Waals surface area (Å²) in [5, 5.41) is 7.45. The molecule has 0 bridgehead atoms. The maximum Gasteiger partial charge on any atom is 0.248 e. The van der Waals surface area contributed by atoms with E-state index in [2.05, 4.69) is 39.4 Å². The SMILES string of the molecule is CC(C)CNc1nc(Nc2ccc(C(N)=O)cc2)nc2[nH]ccc12. The second-order valence-corrected chi connectivity index (χ2v) is 5.98. The van der Waals surface area contributed by atoms with E-state index >= 15 is 0 Å². The van der Waals surface area contributed by atoms with Crippen molar-refractivity contribution in [3.63, 3.8) is 0 Å². The number of aromatic amines is 1. The fourth-order valence-corrected chi connectivity index (χ4v) is 2.28. The van der Waals surface area contributed by atoms with Gasteiger partial charge >= 0.3 is 0 Å². The summed E-state index contributed by atoms with van der Waals surface area (Å²) in [6, 6.07) is 8.81. The summed E-state index contributed by atoms with van der Waals surface area (Å²) in [6.07, 6.45) is 1.84. The number of nitrogens with one attached hydrogen (secondary N) is 3. The normalized spacial score (nSPS) is 11.0. The number of nitrogens with zero attached hydrogens (tertiary/aromatic N) is 2. The average Bonchev–Trinajstić information content (AvgIpc) is 3.01. The third-order valence-electron chi connectivity index (χ3n) is 3.52. The second kappa shape index (κ2) is 6.57. The van der Waals surface area contributed by atoms with E-state index in [1.54, 1.807) is 24.3 Å². The minimum Gasteiger partial charge on any atom is -0.369 e. The number of hydrogen-bond acceptors (Lipinski definition) is 5. The highest BCUT2D eigenvalue weighted by Gasteiger charge is 2.09. The summed E-state index contributed by atoms with van der Waals surface area (Å²) in [5.41, 5.74) is 7.24. The van der Waals surface area contributed by atoms with Gasteiger partial charge in [0.05, 0.1) is 5.39 Å². The number of anilines is 3. The molecule has 2 aromatic heterocycles. The van der Waals surface area contributed by atoms with Crippen LogP contribution in [0.4, 0.5) is 17.5 Å². The topological polar surface area (TPSA) is 109 Å². The molecule has 2 heterocycles. The molecule has 3 aromatic rings. The molecule has 24 heavy (non-hydrogen) atoms. The summed E-state index contributed by atoms with van der Waals surface area (Å²) in [7, 11) is 0. The largest absolute Gasteiger partial charge is 0.369 e. The molecule has 124 valence electrons. The minimum absolute atomic E-state index is 0.453. The fraction of sp³-hybridized carbons (Fsp3) is 0.235. The highest BCUT2D eigenvalue weighted by atomic mass is 16.1. The lowest BCUT2D eigenvalue weighted by Crippen LogP contribution is -2.11. The Morgan fingerprint density at radius 1 is 1.21 bits per heavy atom. The van der Waals surface area contributed by atoms with Crippen LogP contribution >= 0.6 is 0 Å². The van der Waals surface area contributed by atoms with Crippen molar-refractivity contribution >= 4 is 34.4 Å². The summed E-state index contributed by atoms with van der Waals surface area (Å²) < 4.78 is 0. The van der Waals surface area contributed by atoms with Gasteiger partial charge < -0.3 is 21.4 Å². The number of H-pyrrole nitrogens is 1. The lowest BCUT2D eigenvalue weighted by molar-refractivity contribution is 0.100. The molecular weight excluding hydrogens is 304 g/mol. The monoisotopic (exact) mass is 324 g/mol. The highest BCUT2D eigenvalue weighted by molar-refractivity contribution is 5.93. The summed E-state index contributed by atoms with van der Waals surface area (Å²) in [6.45, 7) is 5.11. The standard InChI is InChI=1S/C17H20N6O/c1-10(2)9-20-16-13-7-8-19-15(13)22-17(23-16)21-12-5-3-11(4-6-12)14(18)24/h3-8,10H,9H2,1-2H3,(H2,18,24)(H3,19,20,21,22,23). The number of carbonyl (C=O) groups excluding carboxylic acids is 1. The number of hydrogen-bond donors (Lipinski definition) is 4. The predicted molar refractivity (Wildman–Crippen MR) is 95.5 cm³/mol. The van der Waals surface area contributed by atoms with E-state index in [0.717, 1.165) is 29.1 Å². The lowest BCUT2D eigenvalue weighted by Gasteiger charge is -2.11. The van der Waals surface area contributed by atoms with Gasteiger partial charge in [0.15, 0.2) is 0 Å². The van der Waals surface area contributed by atoms with Gasteiger partial charge in [0.25, 0.3) is 0 Å². The zero-order valence-corrected chi connectivity index (χ0v) is 13.6. The first-order valence-electron chi connectivity index (χ1n) is 7.79. The number of fused-ring (bicyclic) bond motifs is 1. The summed E-state index contributed by atoms with van der Waals surface area (Å²) >= 11 is 0. The first kappa shape index (κ1) is 15.8. The molecule has 0 aliphatic carbocycles. The van der Waals surface area contributed by atoms with Gasteiger partial charge in [0, 0.05) is 24.0 Å². The third kappa shape index (κ3) is 3.45. The van der Waals surface area contributed by atoms with E-state index < -0.39 is 5.91 Å². The van der Waals surface area contributed by atoms with Crippen molar-refractivity contribution in [2.75, 3.05) is 17.2 Å². The first-order chi connectivity index (χ1) is 11.5. The van der Waals surface area contributed by atoms with Gasteiger partial charge in [-0.05, 0) is 36.2 Å². The van der Waals surface area contributed by atoms with Gasteiger partial charge in [-0.2, -0.15) is 9.97 Å². The number of carbonyl (C=O) groups is 1. The van der Waals surface area contributed by atoms with Crippen LogP contribution in [0.15, 0.2) is 36.5 Å². The van der Waals surface area contributed by atoms with Gasteiger partial charge in [-0.25, -0.2) is 0 Å². The van der Waals surface area contributed by atoms with Crippen LogP contribution in [0.3, 0.4) is 0 Å². The molecule has 0 saturated heterocycles. The van der Waals surface area contributed by atoms with Crippen LogP contribution in [0.5, 0.6) is 0 Å². The van der Waals surface area contributed by atoms with Crippen LogP contribution in [0.2, 0.25) is 0 Å². The van der Waals surface area contributed by atoms with Crippen LogP contribution in [0.1, 0.15) is 24.2 Å². The minimum atomic E-state index is -0.453. The Morgan fingerprint density at radius 3 is 2.62 bits per heavy atom. The molecule has 7 heteroatoms. The van der Waals surface area contributed by atoms with E-state index in [4.69, 9.17) is 5.73 Å². The Balaban J connectivity index is 1.87. The van der Waals surface area contributed by atoms with E-state index in [1.165, 1.54) is 0 Å². The van der Waals surface area contributed by atoms with E-state index in [-0.39, 0.29) is 0 Å². The first-order valence-corrected chi connectivity index (χ1v) is 7.79. The molecule has 5 N–H and O–H groups in total. The van der Waals surface area contributed by atoms with Gasteiger partial charge in [0.2, 0.25) is 11.9 Å². The van der Waals surface area contributed by atoms with Crippen LogP contribution in [-0.2, 0) is 0 Å². The third-order valence-corrected chi connectivity index (χ3v) is 3.52. The predicted octanol–water partition coefficient (Wildman–Crippen LogP) is 2.87. The molecule has 0 spiro atoms. The molecule has 0 fully saturated rings.